The zero-order valence-corrected chi connectivity index (χ0v) is 10.6. The van der Waals surface area contributed by atoms with Crippen LogP contribution in [0, 0.1) is 0 Å². The van der Waals surface area contributed by atoms with Crippen LogP contribution in [0.1, 0.15) is 12.5 Å². The molecule has 1 amide bonds. The van der Waals surface area contributed by atoms with E-state index < -0.39 is 17.9 Å². The standard InChI is InChI=1S/C13H17NO5/c1-2-19-8-12(16)14-11(13(17)18)7-9-3-5-10(15)6-4-9/h3-6,11,15H,2,7-8H2,1H3,(H,14,16)(H,17,18)/t11-/m1/s1. The van der Waals surface area contributed by atoms with Crippen molar-refractivity contribution in [2.45, 2.75) is 19.4 Å². The van der Waals surface area contributed by atoms with Crippen LogP contribution in [0.2, 0.25) is 0 Å². The van der Waals surface area contributed by atoms with Gasteiger partial charge in [-0.1, -0.05) is 12.1 Å². The smallest absolute Gasteiger partial charge is 0.326 e. The number of hydrogen-bond donors (Lipinski definition) is 3. The highest BCUT2D eigenvalue weighted by Crippen LogP contribution is 2.11. The van der Waals surface area contributed by atoms with Crippen molar-refractivity contribution in [2.75, 3.05) is 13.2 Å². The van der Waals surface area contributed by atoms with Crippen molar-refractivity contribution in [3.8, 4) is 5.75 Å². The van der Waals surface area contributed by atoms with E-state index in [9.17, 15) is 9.59 Å². The number of carbonyl (C=O) groups excluding carboxylic acids is 1. The number of aromatic hydroxyl groups is 1. The number of carboxylic acid groups (broad SMARTS) is 1. The molecule has 0 aliphatic rings. The van der Waals surface area contributed by atoms with E-state index in [2.05, 4.69) is 5.32 Å². The molecule has 0 aliphatic carbocycles. The second-order valence-corrected chi connectivity index (χ2v) is 3.97. The van der Waals surface area contributed by atoms with Crippen molar-refractivity contribution in [1.29, 1.82) is 0 Å². The van der Waals surface area contributed by atoms with Crippen molar-refractivity contribution < 1.29 is 24.5 Å². The lowest BCUT2D eigenvalue weighted by Gasteiger charge is -2.14. The summed E-state index contributed by atoms with van der Waals surface area (Å²) in [6.45, 7) is 1.98. The van der Waals surface area contributed by atoms with Gasteiger partial charge in [0.15, 0.2) is 0 Å². The Bertz CT molecular complexity index is 429. The highest BCUT2D eigenvalue weighted by Gasteiger charge is 2.20. The maximum absolute atomic E-state index is 11.4. The summed E-state index contributed by atoms with van der Waals surface area (Å²) in [5.41, 5.74) is 0.710. The normalized spacial score (nSPS) is 11.8. The molecule has 0 unspecified atom stereocenters. The van der Waals surface area contributed by atoms with Crippen LogP contribution in [0.3, 0.4) is 0 Å². The van der Waals surface area contributed by atoms with Gasteiger partial charge in [0.25, 0.3) is 0 Å². The largest absolute Gasteiger partial charge is 0.508 e. The zero-order valence-electron chi connectivity index (χ0n) is 10.6. The number of ether oxygens (including phenoxy) is 1. The fourth-order valence-corrected chi connectivity index (χ4v) is 1.50. The average Bonchev–Trinajstić information content (AvgIpc) is 2.38. The maximum atomic E-state index is 11.4. The van der Waals surface area contributed by atoms with Crippen molar-refractivity contribution >= 4 is 11.9 Å². The summed E-state index contributed by atoms with van der Waals surface area (Å²) in [5.74, 6) is -1.47. The lowest BCUT2D eigenvalue weighted by molar-refractivity contribution is -0.142. The number of rotatable bonds is 7. The van der Waals surface area contributed by atoms with Crippen LogP contribution < -0.4 is 5.32 Å². The highest BCUT2D eigenvalue weighted by atomic mass is 16.5. The first-order valence-electron chi connectivity index (χ1n) is 5.90. The van der Waals surface area contributed by atoms with Crippen LogP contribution in [0.4, 0.5) is 0 Å². The van der Waals surface area contributed by atoms with Crippen LogP contribution in [-0.2, 0) is 20.7 Å². The van der Waals surface area contributed by atoms with E-state index in [0.29, 0.717) is 12.2 Å². The molecule has 1 aromatic rings. The minimum absolute atomic E-state index is 0.107. The summed E-state index contributed by atoms with van der Waals surface area (Å²) in [6, 6.07) is 5.14. The maximum Gasteiger partial charge on any atom is 0.326 e. The number of phenolic OH excluding ortho intramolecular Hbond substituents is 1. The number of phenols is 1. The van der Waals surface area contributed by atoms with Gasteiger partial charge in [-0.3, -0.25) is 4.79 Å². The molecule has 6 nitrogen and oxygen atoms in total. The van der Waals surface area contributed by atoms with Crippen LogP contribution in [0.5, 0.6) is 5.75 Å². The monoisotopic (exact) mass is 267 g/mol. The molecule has 104 valence electrons. The molecule has 0 saturated heterocycles. The third-order valence-electron chi connectivity index (χ3n) is 2.45. The van der Waals surface area contributed by atoms with E-state index in [1.54, 1.807) is 19.1 Å². The van der Waals surface area contributed by atoms with Crippen LogP contribution in [-0.4, -0.2) is 41.3 Å². The van der Waals surface area contributed by atoms with Gasteiger partial charge in [-0.05, 0) is 24.6 Å². The van der Waals surface area contributed by atoms with Crippen molar-refractivity contribution in [3.05, 3.63) is 29.8 Å². The Hall–Kier alpha value is -2.08. The molecule has 0 spiro atoms. The summed E-state index contributed by atoms with van der Waals surface area (Å²) in [4.78, 5) is 22.5. The van der Waals surface area contributed by atoms with Gasteiger partial charge in [-0.25, -0.2) is 4.79 Å². The van der Waals surface area contributed by atoms with Gasteiger partial charge in [-0.2, -0.15) is 0 Å². The molecule has 3 N–H and O–H groups in total. The quantitative estimate of drug-likeness (QED) is 0.670. The average molecular weight is 267 g/mol. The Labute approximate surface area is 111 Å². The summed E-state index contributed by atoms with van der Waals surface area (Å²) in [5, 5.41) is 20.6. The molecule has 0 saturated carbocycles. The number of aliphatic carboxylic acids is 1. The fourth-order valence-electron chi connectivity index (χ4n) is 1.50. The number of benzene rings is 1. The predicted molar refractivity (Wildman–Crippen MR) is 67.9 cm³/mol. The van der Waals surface area contributed by atoms with Gasteiger partial charge in [0.05, 0.1) is 0 Å². The second-order valence-electron chi connectivity index (χ2n) is 3.97. The van der Waals surface area contributed by atoms with Gasteiger partial charge in [-0.15, -0.1) is 0 Å². The van der Waals surface area contributed by atoms with Crippen LogP contribution in [0.25, 0.3) is 0 Å². The van der Waals surface area contributed by atoms with Crippen LogP contribution in [0.15, 0.2) is 24.3 Å². The SMILES string of the molecule is CCOCC(=O)N[C@H](Cc1ccc(O)cc1)C(=O)O. The highest BCUT2D eigenvalue weighted by molar-refractivity contribution is 5.84. The molecule has 0 bridgehead atoms. The molecule has 0 aliphatic heterocycles. The number of carboxylic acids is 1. The van der Waals surface area contributed by atoms with E-state index in [0.717, 1.165) is 0 Å². The van der Waals surface area contributed by atoms with E-state index in [1.807, 2.05) is 0 Å². The molecule has 6 heteroatoms. The van der Waals surface area contributed by atoms with Gasteiger partial charge in [0.1, 0.15) is 18.4 Å². The summed E-state index contributed by atoms with van der Waals surface area (Å²) in [7, 11) is 0. The molecular formula is C13H17NO5. The summed E-state index contributed by atoms with van der Waals surface area (Å²) >= 11 is 0. The van der Waals surface area contributed by atoms with Crippen molar-refractivity contribution in [3.63, 3.8) is 0 Å². The third kappa shape index (κ3) is 5.39. The van der Waals surface area contributed by atoms with Gasteiger partial charge in [0, 0.05) is 13.0 Å². The number of nitrogens with one attached hydrogen (secondary N) is 1. The minimum atomic E-state index is -1.11. The number of carbonyl (C=O) groups is 2. The second kappa shape index (κ2) is 7.38. The molecule has 0 radical (unpaired) electrons. The number of hydrogen-bond acceptors (Lipinski definition) is 4. The number of amides is 1. The first-order valence-corrected chi connectivity index (χ1v) is 5.90. The first-order chi connectivity index (χ1) is 9.02. The molecule has 0 fully saturated rings. The fraction of sp³-hybridized carbons (Fsp3) is 0.385. The zero-order chi connectivity index (χ0) is 14.3. The van der Waals surface area contributed by atoms with Gasteiger partial charge < -0.3 is 20.3 Å². The first kappa shape index (κ1) is 15.0. The summed E-state index contributed by atoms with van der Waals surface area (Å²) in [6.07, 6.45) is 0.146. The Morgan fingerprint density at radius 3 is 2.47 bits per heavy atom. The van der Waals surface area contributed by atoms with E-state index >= 15 is 0 Å². The Balaban J connectivity index is 2.60. The van der Waals surface area contributed by atoms with Gasteiger partial charge in [0.2, 0.25) is 5.91 Å². The molecule has 19 heavy (non-hydrogen) atoms. The Morgan fingerprint density at radius 2 is 1.95 bits per heavy atom. The van der Waals surface area contributed by atoms with Crippen molar-refractivity contribution in [1.82, 2.24) is 5.32 Å². The molecule has 1 atom stereocenters. The molecule has 0 aromatic heterocycles. The van der Waals surface area contributed by atoms with E-state index in [-0.39, 0.29) is 18.8 Å². The molecule has 1 aromatic carbocycles. The minimum Gasteiger partial charge on any atom is -0.508 e. The lowest BCUT2D eigenvalue weighted by Crippen LogP contribution is -2.43. The Morgan fingerprint density at radius 1 is 1.32 bits per heavy atom. The van der Waals surface area contributed by atoms with Gasteiger partial charge >= 0.3 is 5.97 Å². The topological polar surface area (TPSA) is 95.9 Å². The molecular weight excluding hydrogens is 250 g/mol. The molecule has 1 rings (SSSR count). The van der Waals surface area contributed by atoms with E-state index in [1.165, 1.54) is 12.1 Å². The van der Waals surface area contributed by atoms with E-state index in [4.69, 9.17) is 14.9 Å². The third-order valence-corrected chi connectivity index (χ3v) is 2.45. The predicted octanol–water partition coefficient (Wildman–Crippen LogP) is 0.541. The lowest BCUT2D eigenvalue weighted by atomic mass is 10.1. The summed E-state index contributed by atoms with van der Waals surface area (Å²) < 4.78 is 4.90. The van der Waals surface area contributed by atoms with Crippen LogP contribution >= 0.6 is 0 Å². The van der Waals surface area contributed by atoms with Crippen molar-refractivity contribution in [2.24, 2.45) is 0 Å². The Kier molecular flexibility index (Phi) is 5.81. The molecule has 0 heterocycles.